The second-order valence-corrected chi connectivity index (χ2v) is 3.58. The molecule has 0 atom stereocenters. The first-order valence-electron chi connectivity index (χ1n) is 4.07. The van der Waals surface area contributed by atoms with Gasteiger partial charge in [-0.1, -0.05) is 18.2 Å². The molecule has 9 heteroatoms. The third-order valence-electron chi connectivity index (χ3n) is 1.61. The van der Waals surface area contributed by atoms with Crippen molar-refractivity contribution in [3.63, 3.8) is 0 Å². The van der Waals surface area contributed by atoms with Gasteiger partial charge in [0.15, 0.2) is 0 Å². The maximum atomic E-state index is 9.31. The van der Waals surface area contributed by atoms with E-state index in [1.165, 1.54) is 0 Å². The van der Waals surface area contributed by atoms with Crippen LogP contribution in [0.3, 0.4) is 0 Å². The first-order chi connectivity index (χ1) is 7.38. The fourth-order valence-electron chi connectivity index (χ4n) is 1.09. The number of nitrogens with zero attached hydrogens (tertiary/aromatic N) is 1. The van der Waals surface area contributed by atoms with Gasteiger partial charge in [-0.15, -0.1) is 0 Å². The minimum absolute atomic E-state index is 0. The van der Waals surface area contributed by atoms with Crippen molar-refractivity contribution in [2.24, 2.45) is 0 Å². The number of aromatic hydroxyl groups is 1. The van der Waals surface area contributed by atoms with Crippen LogP contribution < -0.4 is 103 Å². The maximum absolute atomic E-state index is 9.31. The van der Waals surface area contributed by atoms with Crippen LogP contribution in [0.15, 0.2) is 36.5 Å². The molecule has 0 saturated carbocycles. The smallest absolute Gasteiger partial charge is 0.759 e. The summed E-state index contributed by atoms with van der Waals surface area (Å²) in [5.74, 6) is 0.239. The van der Waals surface area contributed by atoms with Crippen LogP contribution >= 0.6 is 0 Å². The molecule has 0 aliphatic rings. The average molecular weight is 319 g/mol. The summed E-state index contributed by atoms with van der Waals surface area (Å²) in [7, 11) is -5.17. The number of rotatable bonds is 0. The van der Waals surface area contributed by atoms with E-state index in [2.05, 4.69) is 4.98 Å². The molecule has 1 N–H and O–H groups in total. The summed E-state index contributed by atoms with van der Waals surface area (Å²) in [6, 6.07) is 9.13. The molecule has 0 radical (unpaired) electrons. The molecule has 2 rings (SSSR count). The summed E-state index contributed by atoms with van der Waals surface area (Å²) in [5, 5.41) is 10.3. The first-order valence-corrected chi connectivity index (χ1v) is 5.40. The summed E-state index contributed by atoms with van der Waals surface area (Å²) >= 11 is 0. The summed E-state index contributed by atoms with van der Waals surface area (Å²) in [4.78, 5) is 4.03. The summed E-state index contributed by atoms with van der Waals surface area (Å²) in [5.41, 5.74) is 0.662. The van der Waals surface area contributed by atoms with Crippen molar-refractivity contribution in [1.82, 2.24) is 4.98 Å². The summed E-state index contributed by atoms with van der Waals surface area (Å²) in [6.07, 6.45) is 1.67. The van der Waals surface area contributed by atoms with Crippen LogP contribution in [0.2, 0.25) is 0 Å². The maximum Gasteiger partial charge on any atom is 1.00 e. The molecule has 2 aromatic rings. The van der Waals surface area contributed by atoms with Crippen molar-refractivity contribution in [3.8, 4) is 5.75 Å². The molecule has 0 aliphatic heterocycles. The van der Waals surface area contributed by atoms with Gasteiger partial charge in [-0.05, 0) is 12.1 Å². The van der Waals surface area contributed by atoms with Gasteiger partial charge in [0.05, 0.1) is 0 Å². The van der Waals surface area contributed by atoms with Gasteiger partial charge in [-0.25, -0.2) is 0 Å². The fraction of sp³-hybridized carbons (Fsp3) is 0. The van der Waals surface area contributed by atoms with Crippen molar-refractivity contribution in [1.29, 1.82) is 0 Å². The van der Waals surface area contributed by atoms with Gasteiger partial charge in [-0.3, -0.25) is 13.4 Å². The van der Waals surface area contributed by atoms with E-state index in [9.17, 15) is 5.11 Å². The normalized spacial score (nSPS) is 9.44. The van der Waals surface area contributed by atoms with Crippen molar-refractivity contribution in [3.05, 3.63) is 36.5 Å². The standard InChI is InChI=1S/C9H7NO.2K.H2O4S/c11-8-5-1-3-7-4-2-6-10-9(7)8;;;1-5(2,3)4/h1-6,11H;;;(H2,1,2,3,4)/q;2*+1;/p-2. The van der Waals surface area contributed by atoms with E-state index in [0.717, 1.165) is 5.39 Å². The van der Waals surface area contributed by atoms with E-state index in [-0.39, 0.29) is 109 Å². The Bertz CT molecular complexity index is 577. The number of aromatic nitrogens is 1. The number of fused-ring (bicyclic) bond motifs is 1. The molecular formula is C9H7K2NO5S. The third-order valence-corrected chi connectivity index (χ3v) is 1.61. The fourth-order valence-corrected chi connectivity index (χ4v) is 1.09. The second kappa shape index (κ2) is 10.3. The number of benzene rings is 1. The van der Waals surface area contributed by atoms with Gasteiger partial charge >= 0.3 is 103 Å². The van der Waals surface area contributed by atoms with Crippen LogP contribution in [-0.4, -0.2) is 27.6 Å². The number of phenolic OH excluding ortho intramolecular Hbond substituents is 1. The minimum Gasteiger partial charge on any atom is -0.759 e. The van der Waals surface area contributed by atoms with Gasteiger partial charge in [0.1, 0.15) is 11.3 Å². The van der Waals surface area contributed by atoms with E-state index < -0.39 is 10.4 Å². The van der Waals surface area contributed by atoms with Crippen molar-refractivity contribution < 1.29 is 125 Å². The predicted octanol–water partition coefficient (Wildman–Crippen LogP) is -5.39. The Hall–Kier alpha value is 1.57. The molecule has 0 fully saturated rings. The Labute approximate surface area is 190 Å². The van der Waals surface area contributed by atoms with E-state index in [0.29, 0.717) is 5.52 Å². The summed E-state index contributed by atoms with van der Waals surface area (Å²) in [6.45, 7) is 0. The van der Waals surface area contributed by atoms with Crippen molar-refractivity contribution >= 4 is 21.3 Å². The minimum atomic E-state index is -5.17. The van der Waals surface area contributed by atoms with Crippen LogP contribution in [0, 0.1) is 0 Å². The van der Waals surface area contributed by atoms with Crippen LogP contribution in [-0.2, 0) is 10.4 Å². The average Bonchev–Trinajstić information content (AvgIpc) is 2.16. The third kappa shape index (κ3) is 9.47. The van der Waals surface area contributed by atoms with Crippen molar-refractivity contribution in [2.45, 2.75) is 0 Å². The Balaban J connectivity index is 0. The van der Waals surface area contributed by atoms with E-state index >= 15 is 0 Å². The molecule has 0 unspecified atom stereocenters. The molecule has 1 aromatic heterocycles. The molecule has 6 nitrogen and oxygen atoms in total. The van der Waals surface area contributed by atoms with Crippen LogP contribution in [0.5, 0.6) is 5.75 Å². The molecule has 0 amide bonds. The molecule has 0 bridgehead atoms. The zero-order valence-corrected chi connectivity index (χ0v) is 17.0. The zero-order chi connectivity index (χ0) is 12.2. The van der Waals surface area contributed by atoms with E-state index in [4.69, 9.17) is 17.5 Å². The SMILES string of the molecule is O=S(=O)([O-])[O-].Oc1cccc2cccnc12.[K+].[K+]. The van der Waals surface area contributed by atoms with E-state index in [1.807, 2.05) is 18.2 Å². The van der Waals surface area contributed by atoms with Gasteiger partial charge < -0.3 is 14.2 Å². The van der Waals surface area contributed by atoms with Gasteiger partial charge in [-0.2, -0.15) is 0 Å². The molecule has 0 spiro atoms. The largest absolute Gasteiger partial charge is 1.00 e. The molecular weight excluding hydrogens is 312 g/mol. The molecule has 0 aliphatic carbocycles. The summed E-state index contributed by atoms with van der Waals surface area (Å²) < 4.78 is 34.1. The molecule has 1 heterocycles. The van der Waals surface area contributed by atoms with Crippen LogP contribution in [0.1, 0.15) is 0 Å². The van der Waals surface area contributed by atoms with Crippen LogP contribution in [0.4, 0.5) is 0 Å². The molecule has 18 heavy (non-hydrogen) atoms. The molecule has 86 valence electrons. The Morgan fingerprint density at radius 1 is 1.06 bits per heavy atom. The molecule has 0 saturated heterocycles. The van der Waals surface area contributed by atoms with E-state index in [1.54, 1.807) is 18.3 Å². The zero-order valence-electron chi connectivity index (χ0n) is 9.90. The number of hydrogen-bond donors (Lipinski definition) is 1. The van der Waals surface area contributed by atoms with Crippen LogP contribution in [0.25, 0.3) is 10.9 Å². The van der Waals surface area contributed by atoms with Crippen molar-refractivity contribution in [2.75, 3.05) is 0 Å². The number of para-hydroxylation sites is 1. The number of hydrogen-bond acceptors (Lipinski definition) is 6. The Morgan fingerprint density at radius 2 is 1.56 bits per heavy atom. The predicted molar refractivity (Wildman–Crippen MR) is 53.9 cm³/mol. The Kier molecular flexibility index (Phi) is 12.5. The number of pyridine rings is 1. The van der Waals surface area contributed by atoms with Gasteiger partial charge in [0.25, 0.3) is 0 Å². The topological polar surface area (TPSA) is 113 Å². The first kappa shape index (κ1) is 21.9. The van der Waals surface area contributed by atoms with Gasteiger partial charge in [0.2, 0.25) is 0 Å². The van der Waals surface area contributed by atoms with Gasteiger partial charge in [0, 0.05) is 22.0 Å². The number of phenols is 1. The molecule has 1 aromatic carbocycles. The Morgan fingerprint density at radius 3 is 2.06 bits per heavy atom. The second-order valence-electron chi connectivity index (χ2n) is 2.76. The monoisotopic (exact) mass is 319 g/mol. The quantitative estimate of drug-likeness (QED) is 0.295.